The van der Waals surface area contributed by atoms with Crippen LogP contribution in [0.4, 0.5) is 5.13 Å². The number of rotatable bonds is 9. The van der Waals surface area contributed by atoms with Gasteiger partial charge in [-0.25, -0.2) is 13.4 Å². The number of carbonyl (C=O) groups is 1. The average molecular weight is 435 g/mol. The quantitative estimate of drug-likeness (QED) is 0.552. The predicted molar refractivity (Wildman–Crippen MR) is 115 cm³/mol. The number of carbonyl (C=O) groups excluding carboxylic acids is 1. The second-order valence-electron chi connectivity index (χ2n) is 6.42. The highest BCUT2D eigenvalue weighted by molar-refractivity contribution is 7.90. The first-order chi connectivity index (χ1) is 13.9. The maximum atomic E-state index is 12.2. The van der Waals surface area contributed by atoms with Crippen molar-refractivity contribution in [2.45, 2.75) is 18.6 Å². The number of methoxy groups -OCH3 is 2. The zero-order chi connectivity index (χ0) is 20.9. The fourth-order valence-electron chi connectivity index (χ4n) is 2.84. The Kier molecular flexibility index (Phi) is 6.71. The van der Waals surface area contributed by atoms with Crippen LogP contribution in [-0.4, -0.2) is 39.3 Å². The van der Waals surface area contributed by atoms with Gasteiger partial charge in [-0.2, -0.15) is 0 Å². The van der Waals surface area contributed by atoms with E-state index in [2.05, 4.69) is 10.3 Å². The van der Waals surface area contributed by atoms with E-state index in [1.165, 1.54) is 11.3 Å². The summed E-state index contributed by atoms with van der Waals surface area (Å²) in [5, 5.41) is 3.19. The van der Waals surface area contributed by atoms with Gasteiger partial charge in [-0.1, -0.05) is 41.7 Å². The van der Waals surface area contributed by atoms with Gasteiger partial charge >= 0.3 is 0 Å². The number of nitrogens with zero attached hydrogens (tertiary/aromatic N) is 1. The van der Waals surface area contributed by atoms with Gasteiger partial charge in [-0.3, -0.25) is 4.79 Å². The minimum atomic E-state index is -3.26. The topological polar surface area (TPSA) is 94.6 Å². The lowest BCUT2D eigenvalue weighted by molar-refractivity contribution is -0.116. The molecule has 9 heteroatoms. The summed E-state index contributed by atoms with van der Waals surface area (Å²) in [5.74, 6) is 0.829. The lowest BCUT2D eigenvalue weighted by atomic mass is 10.2. The van der Waals surface area contributed by atoms with Crippen molar-refractivity contribution in [3.63, 3.8) is 0 Å². The maximum Gasteiger partial charge on any atom is 0.226 e. The van der Waals surface area contributed by atoms with Crippen molar-refractivity contribution in [2.75, 3.05) is 25.3 Å². The number of hydrogen-bond acceptors (Lipinski definition) is 7. The third-order valence-corrected chi connectivity index (χ3v) is 6.85. The molecule has 3 aromatic rings. The van der Waals surface area contributed by atoms with E-state index in [9.17, 15) is 13.2 Å². The van der Waals surface area contributed by atoms with Crippen LogP contribution in [0.3, 0.4) is 0 Å². The van der Waals surface area contributed by atoms with E-state index in [0.29, 0.717) is 22.1 Å². The summed E-state index contributed by atoms with van der Waals surface area (Å²) in [6.07, 6.45) is 0.365. The van der Waals surface area contributed by atoms with Gasteiger partial charge in [0.2, 0.25) is 5.91 Å². The van der Waals surface area contributed by atoms with Gasteiger partial charge in [0.05, 0.1) is 35.9 Å². The van der Waals surface area contributed by atoms with E-state index >= 15 is 0 Å². The number of benzene rings is 2. The summed E-state index contributed by atoms with van der Waals surface area (Å²) in [6, 6.07) is 12.6. The monoisotopic (exact) mass is 434 g/mol. The summed E-state index contributed by atoms with van der Waals surface area (Å²) >= 11 is 1.32. The molecule has 0 fully saturated rings. The first-order valence-corrected chi connectivity index (χ1v) is 11.6. The molecule has 1 amide bonds. The Labute approximate surface area is 173 Å². The zero-order valence-electron chi connectivity index (χ0n) is 16.2. The van der Waals surface area contributed by atoms with Crippen molar-refractivity contribution in [1.82, 2.24) is 4.98 Å². The van der Waals surface area contributed by atoms with Crippen LogP contribution in [0.15, 0.2) is 42.5 Å². The predicted octanol–water partition coefficient (Wildman–Crippen LogP) is 3.65. The van der Waals surface area contributed by atoms with E-state index < -0.39 is 9.84 Å². The lowest BCUT2D eigenvalue weighted by Gasteiger charge is -2.05. The third-order valence-electron chi connectivity index (χ3n) is 4.23. The van der Waals surface area contributed by atoms with Crippen LogP contribution in [0.5, 0.6) is 11.5 Å². The lowest BCUT2D eigenvalue weighted by Crippen LogP contribution is -2.15. The first kappa shape index (κ1) is 21.1. The molecule has 0 unspecified atom stereocenters. The molecule has 0 saturated heterocycles. The summed E-state index contributed by atoms with van der Waals surface area (Å²) < 4.78 is 35.8. The number of amides is 1. The zero-order valence-corrected chi connectivity index (χ0v) is 17.8. The molecule has 29 heavy (non-hydrogen) atoms. The molecule has 1 N–H and O–H groups in total. The smallest absolute Gasteiger partial charge is 0.226 e. The van der Waals surface area contributed by atoms with E-state index in [1.807, 2.05) is 18.2 Å². The minimum Gasteiger partial charge on any atom is -0.493 e. The van der Waals surface area contributed by atoms with Crippen LogP contribution in [0.1, 0.15) is 18.4 Å². The Balaban J connectivity index is 1.55. The maximum absolute atomic E-state index is 12.2. The molecule has 7 nitrogen and oxygen atoms in total. The summed E-state index contributed by atoms with van der Waals surface area (Å²) in [4.78, 5) is 16.6. The number of hydrogen-bond donors (Lipinski definition) is 1. The molecule has 2 aromatic carbocycles. The van der Waals surface area contributed by atoms with Gasteiger partial charge in [0.1, 0.15) is 0 Å². The Bertz CT molecular complexity index is 1050. The van der Waals surface area contributed by atoms with Crippen molar-refractivity contribution in [1.29, 1.82) is 0 Å². The van der Waals surface area contributed by atoms with Gasteiger partial charge in [0.25, 0.3) is 0 Å². The molecule has 1 aromatic heterocycles. The fraction of sp³-hybridized carbons (Fsp3) is 0.300. The van der Waals surface area contributed by atoms with Crippen molar-refractivity contribution in [3.05, 3.63) is 48.0 Å². The highest BCUT2D eigenvalue weighted by atomic mass is 32.2. The van der Waals surface area contributed by atoms with Crippen molar-refractivity contribution >= 4 is 42.4 Å². The highest BCUT2D eigenvalue weighted by Gasteiger charge is 2.15. The SMILES string of the molecule is COc1cc2nc(NC(=O)CCCS(=O)(=O)Cc3ccccc3)sc2cc1OC. The number of nitrogens with one attached hydrogen (secondary N) is 1. The molecule has 0 aliphatic heterocycles. The Morgan fingerprint density at radius 1 is 1.10 bits per heavy atom. The minimum absolute atomic E-state index is 0.0169. The van der Waals surface area contributed by atoms with Crippen molar-refractivity contribution in [3.8, 4) is 11.5 Å². The molecule has 3 rings (SSSR count). The van der Waals surface area contributed by atoms with Crippen LogP contribution in [0.25, 0.3) is 10.2 Å². The summed E-state index contributed by atoms with van der Waals surface area (Å²) in [7, 11) is -0.159. The Morgan fingerprint density at radius 2 is 1.79 bits per heavy atom. The van der Waals surface area contributed by atoms with Gasteiger partial charge < -0.3 is 14.8 Å². The van der Waals surface area contributed by atoms with Crippen LogP contribution in [0.2, 0.25) is 0 Å². The third kappa shape index (κ3) is 5.68. The molecular weight excluding hydrogens is 412 g/mol. The first-order valence-electron chi connectivity index (χ1n) is 8.97. The van der Waals surface area contributed by atoms with Crippen molar-refractivity contribution in [2.24, 2.45) is 0 Å². The molecular formula is C20H22N2O5S2. The second kappa shape index (κ2) is 9.23. The molecule has 0 spiro atoms. The highest BCUT2D eigenvalue weighted by Crippen LogP contribution is 2.36. The van der Waals surface area contributed by atoms with E-state index in [-0.39, 0.29) is 30.3 Å². The van der Waals surface area contributed by atoms with Crippen LogP contribution in [0, 0.1) is 0 Å². The molecule has 1 heterocycles. The molecule has 0 saturated carbocycles. The van der Waals surface area contributed by atoms with E-state index in [1.54, 1.807) is 38.5 Å². The molecule has 0 bridgehead atoms. The molecule has 0 radical (unpaired) electrons. The van der Waals surface area contributed by atoms with E-state index in [0.717, 1.165) is 10.3 Å². The van der Waals surface area contributed by atoms with Crippen LogP contribution in [-0.2, 0) is 20.4 Å². The van der Waals surface area contributed by atoms with Crippen LogP contribution < -0.4 is 14.8 Å². The van der Waals surface area contributed by atoms with Gasteiger partial charge in [-0.15, -0.1) is 0 Å². The number of ether oxygens (including phenoxy) is 2. The number of sulfone groups is 1. The number of aromatic nitrogens is 1. The summed E-state index contributed by atoms with van der Waals surface area (Å²) in [6.45, 7) is 0. The fourth-order valence-corrected chi connectivity index (χ4v) is 5.16. The summed E-state index contributed by atoms with van der Waals surface area (Å²) in [5.41, 5.74) is 1.44. The number of anilines is 1. The molecule has 0 aliphatic rings. The normalized spacial score (nSPS) is 11.4. The Morgan fingerprint density at radius 3 is 2.48 bits per heavy atom. The van der Waals surface area contributed by atoms with E-state index in [4.69, 9.17) is 9.47 Å². The van der Waals surface area contributed by atoms with Gasteiger partial charge in [0, 0.05) is 18.6 Å². The number of fused-ring (bicyclic) bond motifs is 1. The largest absolute Gasteiger partial charge is 0.493 e. The van der Waals surface area contributed by atoms with Gasteiger partial charge in [0.15, 0.2) is 26.5 Å². The number of thiazole rings is 1. The molecule has 0 atom stereocenters. The standard InChI is InChI=1S/C20H22N2O5S2/c1-26-16-11-15-18(12-17(16)27-2)28-20(21-15)22-19(23)9-6-10-29(24,25)13-14-7-4-3-5-8-14/h3-5,7-8,11-12H,6,9-10,13H2,1-2H3,(H,21,22,23). The van der Waals surface area contributed by atoms with Crippen molar-refractivity contribution < 1.29 is 22.7 Å². The molecule has 0 aliphatic carbocycles. The average Bonchev–Trinajstić information content (AvgIpc) is 3.07. The van der Waals surface area contributed by atoms with Crippen LogP contribution >= 0.6 is 11.3 Å². The second-order valence-corrected chi connectivity index (χ2v) is 9.64. The molecule has 154 valence electrons. The van der Waals surface area contributed by atoms with Gasteiger partial charge in [-0.05, 0) is 12.0 Å². The Hall–Kier alpha value is -2.65.